The Morgan fingerprint density at radius 2 is 2.07 bits per heavy atom. The van der Waals surface area contributed by atoms with Crippen LogP contribution in [0.2, 0.25) is 0 Å². The average molecular weight is 406 g/mol. The van der Waals surface area contributed by atoms with Gasteiger partial charge in [0, 0.05) is 23.4 Å². The molecule has 1 aliphatic heterocycles. The first-order valence-electron chi connectivity index (χ1n) is 8.90. The van der Waals surface area contributed by atoms with Crippen LogP contribution in [0.15, 0.2) is 47.5 Å². The molecule has 2 aromatic rings. The molecule has 10 nitrogen and oxygen atoms in total. The number of benzene rings is 2. The molecule has 1 heterocycles. The summed E-state index contributed by atoms with van der Waals surface area (Å²) in [4.78, 5) is 14.9. The van der Waals surface area contributed by atoms with Crippen LogP contribution >= 0.6 is 0 Å². The van der Waals surface area contributed by atoms with Crippen molar-refractivity contribution in [3.8, 4) is 18.0 Å². The Kier molecular flexibility index (Phi) is 5.54. The molecule has 0 aromatic heterocycles. The van der Waals surface area contributed by atoms with Crippen molar-refractivity contribution in [3.05, 3.63) is 63.7 Å². The highest BCUT2D eigenvalue weighted by Crippen LogP contribution is 2.42. The number of hydrogen-bond acceptors (Lipinski definition) is 7. The molecule has 152 valence electrons. The van der Waals surface area contributed by atoms with Crippen LogP contribution in [-0.2, 0) is 0 Å². The van der Waals surface area contributed by atoms with Crippen LogP contribution < -0.4 is 15.4 Å². The third-order valence-electron chi connectivity index (χ3n) is 4.60. The normalized spacial score (nSPS) is 19.4. The molecule has 2 atom stereocenters. The number of guanidine groups is 1. The topological polar surface area (TPSA) is 157 Å². The molecule has 0 fully saturated rings. The van der Waals surface area contributed by atoms with Crippen molar-refractivity contribution < 1.29 is 14.8 Å². The van der Waals surface area contributed by atoms with Gasteiger partial charge in [-0.25, -0.2) is 4.99 Å². The largest absolute Gasteiger partial charge is 0.485 e. The minimum atomic E-state index is -1.10. The summed E-state index contributed by atoms with van der Waals surface area (Å²) in [6.07, 6.45) is 0.659. The number of rotatable bonds is 3. The summed E-state index contributed by atoms with van der Waals surface area (Å²) in [7, 11) is 0. The van der Waals surface area contributed by atoms with E-state index in [-0.39, 0.29) is 11.6 Å². The number of nitro benzene ring substituents is 1. The van der Waals surface area contributed by atoms with Crippen LogP contribution in [0.3, 0.4) is 0 Å². The second-order valence-electron chi connectivity index (χ2n) is 7.11. The molecule has 0 unspecified atom stereocenters. The van der Waals surface area contributed by atoms with Crippen LogP contribution in [0.25, 0.3) is 0 Å². The van der Waals surface area contributed by atoms with E-state index in [0.717, 1.165) is 0 Å². The summed E-state index contributed by atoms with van der Waals surface area (Å²) in [5.74, 6) is 0.442. The second-order valence-corrected chi connectivity index (χ2v) is 7.11. The summed E-state index contributed by atoms with van der Waals surface area (Å²) in [6.45, 7) is 3.40. The number of non-ortho nitro benzene ring substituents is 1. The van der Waals surface area contributed by atoms with Crippen molar-refractivity contribution in [3.63, 3.8) is 0 Å². The van der Waals surface area contributed by atoms with Crippen LogP contribution in [0, 0.1) is 32.9 Å². The number of hydrogen-bond donors (Lipinski definition) is 3. The Bertz CT molecular complexity index is 1100. The first-order chi connectivity index (χ1) is 14.2. The highest BCUT2D eigenvalue weighted by atomic mass is 16.6. The molecular formula is C20H18N6O4. The summed E-state index contributed by atoms with van der Waals surface area (Å²) >= 11 is 0. The van der Waals surface area contributed by atoms with Crippen molar-refractivity contribution in [2.75, 3.05) is 5.32 Å². The minimum absolute atomic E-state index is 0.0203. The predicted octanol–water partition coefficient (Wildman–Crippen LogP) is 2.58. The Labute approximate surface area is 172 Å². The van der Waals surface area contributed by atoms with Gasteiger partial charge < -0.3 is 15.2 Å². The second kappa shape index (κ2) is 8.07. The molecule has 0 saturated heterocycles. The fraction of sp³-hybridized carbons (Fsp3) is 0.250. The maximum atomic E-state index is 11.0. The maximum absolute atomic E-state index is 11.0. The number of aliphatic imine (C=N–C) groups is 1. The Balaban J connectivity index is 2.04. The summed E-state index contributed by atoms with van der Waals surface area (Å²) in [6, 6.07) is 11.7. The lowest BCUT2D eigenvalue weighted by molar-refractivity contribution is -0.384. The van der Waals surface area contributed by atoms with Gasteiger partial charge in [0.25, 0.3) is 5.69 Å². The van der Waals surface area contributed by atoms with Crippen LogP contribution in [-0.4, -0.2) is 27.7 Å². The standard InChI is InChI=1S/C20H18N6O4/c1-20(2)18(27)17(15-8-12(10-21)6-7-16(15)30-20)25-19(23-11-22)24-13-4-3-5-14(9-13)26(28)29/h3-9,17-18,27H,1-2H3,(H2,23,24,25)/t17-,18+/m1/s1. The molecule has 0 spiro atoms. The highest BCUT2D eigenvalue weighted by Gasteiger charge is 2.43. The van der Waals surface area contributed by atoms with Gasteiger partial charge in [-0.2, -0.15) is 10.5 Å². The molecule has 0 bridgehead atoms. The zero-order valence-electron chi connectivity index (χ0n) is 16.2. The number of nitrogens with zero attached hydrogens (tertiary/aromatic N) is 4. The highest BCUT2D eigenvalue weighted by molar-refractivity contribution is 5.95. The first kappa shape index (κ1) is 20.6. The number of nitro groups is 1. The lowest BCUT2D eigenvalue weighted by Gasteiger charge is -2.40. The number of anilines is 1. The van der Waals surface area contributed by atoms with E-state index in [0.29, 0.717) is 22.6 Å². The third-order valence-corrected chi connectivity index (χ3v) is 4.60. The number of aliphatic hydroxyl groups is 1. The van der Waals surface area contributed by atoms with E-state index in [2.05, 4.69) is 15.6 Å². The first-order valence-corrected chi connectivity index (χ1v) is 8.90. The van der Waals surface area contributed by atoms with Crippen LogP contribution in [0.1, 0.15) is 31.0 Å². The SMILES string of the molecule is CC1(C)Oc2ccc(C#N)cc2[C@@H](N=C(NC#N)Nc2cccc([N+](=O)[O-])c2)[C@@H]1O. The molecule has 0 amide bonds. The molecule has 3 rings (SSSR count). The third kappa shape index (κ3) is 4.14. The van der Waals surface area contributed by atoms with Crippen molar-refractivity contribution >= 4 is 17.3 Å². The Morgan fingerprint density at radius 3 is 2.73 bits per heavy atom. The molecule has 0 aliphatic carbocycles. The minimum Gasteiger partial charge on any atom is -0.485 e. The summed E-state index contributed by atoms with van der Waals surface area (Å²) in [5, 5.41) is 45.4. The van der Waals surface area contributed by atoms with Crippen molar-refractivity contribution in [2.24, 2.45) is 4.99 Å². The Hall–Kier alpha value is -4.15. The molecule has 1 aliphatic rings. The molecule has 30 heavy (non-hydrogen) atoms. The molecule has 10 heteroatoms. The fourth-order valence-electron chi connectivity index (χ4n) is 3.10. The van der Waals surface area contributed by atoms with E-state index in [9.17, 15) is 20.5 Å². The number of nitrogens with one attached hydrogen (secondary N) is 2. The summed E-state index contributed by atoms with van der Waals surface area (Å²) in [5.41, 5.74) is 0.0634. The van der Waals surface area contributed by atoms with E-state index >= 15 is 0 Å². The van der Waals surface area contributed by atoms with E-state index in [1.165, 1.54) is 18.2 Å². The van der Waals surface area contributed by atoms with Gasteiger partial charge >= 0.3 is 0 Å². The molecule has 2 aromatic carbocycles. The van der Waals surface area contributed by atoms with Gasteiger partial charge in [0.1, 0.15) is 23.5 Å². The quantitative estimate of drug-likeness (QED) is 0.175. The monoisotopic (exact) mass is 406 g/mol. The molecule has 3 N–H and O–H groups in total. The number of fused-ring (bicyclic) bond motifs is 1. The van der Waals surface area contributed by atoms with Gasteiger partial charge in [0.05, 0.1) is 16.6 Å². The lowest BCUT2D eigenvalue weighted by Crippen LogP contribution is -2.49. The van der Waals surface area contributed by atoms with Gasteiger partial charge in [-0.3, -0.25) is 15.4 Å². The van der Waals surface area contributed by atoms with E-state index in [1.807, 2.05) is 6.07 Å². The van der Waals surface area contributed by atoms with Gasteiger partial charge in [-0.15, -0.1) is 0 Å². The number of aliphatic hydroxyl groups excluding tert-OH is 1. The zero-order valence-corrected chi connectivity index (χ0v) is 16.2. The fourth-order valence-corrected chi connectivity index (χ4v) is 3.10. The average Bonchev–Trinajstić information content (AvgIpc) is 2.71. The predicted molar refractivity (Wildman–Crippen MR) is 108 cm³/mol. The summed E-state index contributed by atoms with van der Waals surface area (Å²) < 4.78 is 5.85. The maximum Gasteiger partial charge on any atom is 0.271 e. The van der Waals surface area contributed by atoms with Gasteiger partial charge in [-0.05, 0) is 38.1 Å². The smallest absolute Gasteiger partial charge is 0.271 e. The molecule has 0 radical (unpaired) electrons. The van der Waals surface area contributed by atoms with Crippen molar-refractivity contribution in [1.29, 1.82) is 10.5 Å². The van der Waals surface area contributed by atoms with E-state index in [1.54, 1.807) is 44.3 Å². The van der Waals surface area contributed by atoms with E-state index < -0.39 is 22.7 Å². The molecule has 0 saturated carbocycles. The van der Waals surface area contributed by atoms with Crippen LogP contribution in [0.5, 0.6) is 5.75 Å². The van der Waals surface area contributed by atoms with Crippen molar-refractivity contribution in [2.45, 2.75) is 31.6 Å². The zero-order chi connectivity index (χ0) is 21.9. The number of nitriles is 2. The number of ether oxygens (including phenoxy) is 1. The van der Waals surface area contributed by atoms with Crippen molar-refractivity contribution in [1.82, 2.24) is 5.32 Å². The molecular weight excluding hydrogens is 388 g/mol. The van der Waals surface area contributed by atoms with Gasteiger partial charge in [-0.1, -0.05) is 6.07 Å². The van der Waals surface area contributed by atoms with Gasteiger partial charge in [0.15, 0.2) is 6.19 Å². The lowest BCUT2D eigenvalue weighted by atomic mass is 9.86. The Morgan fingerprint density at radius 1 is 1.30 bits per heavy atom. The van der Waals surface area contributed by atoms with E-state index in [4.69, 9.17) is 10.00 Å². The van der Waals surface area contributed by atoms with Crippen LogP contribution in [0.4, 0.5) is 11.4 Å². The van der Waals surface area contributed by atoms with Gasteiger partial charge in [0.2, 0.25) is 5.96 Å².